The molecular weight excluding hydrogens is 298 g/mol. The lowest BCUT2D eigenvalue weighted by Crippen LogP contribution is -2.44. The van der Waals surface area contributed by atoms with Gasteiger partial charge in [-0.25, -0.2) is 4.98 Å². The Hall–Kier alpha value is -0.980. The van der Waals surface area contributed by atoms with E-state index >= 15 is 0 Å². The fraction of sp³-hybridized carbons (Fsp3) is 0.750. The number of rotatable bonds is 3. The van der Waals surface area contributed by atoms with Gasteiger partial charge in [-0.15, -0.1) is 11.3 Å². The molecule has 0 radical (unpaired) electrons. The Balaban J connectivity index is 1.60. The molecule has 5 nitrogen and oxygen atoms in total. The maximum atomic E-state index is 12.5. The van der Waals surface area contributed by atoms with Crippen molar-refractivity contribution >= 4 is 17.2 Å². The van der Waals surface area contributed by atoms with Gasteiger partial charge < -0.3 is 14.5 Å². The van der Waals surface area contributed by atoms with E-state index in [9.17, 15) is 4.79 Å². The van der Waals surface area contributed by atoms with Crippen molar-refractivity contribution in [3.05, 3.63) is 16.1 Å². The van der Waals surface area contributed by atoms with Gasteiger partial charge in [-0.05, 0) is 38.6 Å². The lowest BCUT2D eigenvalue weighted by atomic mass is 9.76. The summed E-state index contributed by atoms with van der Waals surface area (Å²) in [6, 6.07) is 0.522. The minimum atomic E-state index is 0.0963. The third-order valence-corrected chi connectivity index (χ3v) is 5.96. The Morgan fingerprint density at radius 2 is 2.23 bits per heavy atom. The average molecular weight is 323 g/mol. The molecule has 0 bridgehead atoms. The van der Waals surface area contributed by atoms with Crippen LogP contribution in [0.15, 0.2) is 5.38 Å². The fourth-order valence-electron chi connectivity index (χ4n) is 3.93. The first-order valence-corrected chi connectivity index (χ1v) is 8.81. The summed E-state index contributed by atoms with van der Waals surface area (Å²) >= 11 is 1.54. The molecule has 1 amide bonds. The molecule has 0 aromatic carbocycles. The molecule has 1 aromatic rings. The maximum absolute atomic E-state index is 12.5. The Labute approximate surface area is 136 Å². The summed E-state index contributed by atoms with van der Waals surface area (Å²) in [6.45, 7) is 5.57. The molecule has 122 valence electrons. The molecule has 2 saturated heterocycles. The number of likely N-dealkylation sites (N-methyl/N-ethyl adjacent to an activating group) is 1. The van der Waals surface area contributed by atoms with E-state index in [1.807, 2.05) is 17.2 Å². The van der Waals surface area contributed by atoms with Crippen LogP contribution in [0.2, 0.25) is 0 Å². The van der Waals surface area contributed by atoms with E-state index in [2.05, 4.69) is 16.9 Å². The molecule has 2 fully saturated rings. The maximum Gasteiger partial charge on any atom is 0.273 e. The van der Waals surface area contributed by atoms with Gasteiger partial charge in [0.2, 0.25) is 0 Å². The van der Waals surface area contributed by atoms with Crippen LogP contribution in [-0.2, 0) is 4.74 Å². The highest BCUT2D eigenvalue weighted by Gasteiger charge is 2.44. The highest BCUT2D eigenvalue weighted by Crippen LogP contribution is 2.42. The molecule has 1 aromatic heterocycles. The zero-order valence-electron chi connectivity index (χ0n) is 13.7. The molecule has 0 saturated carbocycles. The number of hydrogen-bond acceptors (Lipinski definition) is 5. The summed E-state index contributed by atoms with van der Waals surface area (Å²) in [5.41, 5.74) is 0.978. The minimum Gasteiger partial charge on any atom is -0.383 e. The predicted octanol–water partition coefficient (Wildman–Crippen LogP) is 2.02. The number of amides is 1. The number of piperidine rings is 1. The van der Waals surface area contributed by atoms with Crippen LogP contribution in [0.1, 0.15) is 34.8 Å². The van der Waals surface area contributed by atoms with E-state index in [-0.39, 0.29) is 5.91 Å². The number of aromatic nitrogens is 1. The smallest absolute Gasteiger partial charge is 0.273 e. The monoisotopic (exact) mass is 323 g/mol. The van der Waals surface area contributed by atoms with Gasteiger partial charge in [0.25, 0.3) is 5.91 Å². The van der Waals surface area contributed by atoms with E-state index in [0.29, 0.717) is 17.2 Å². The Bertz CT molecular complexity index is 537. The lowest BCUT2D eigenvalue weighted by molar-refractivity contribution is 0.0587. The standard InChI is InChI=1S/C16H25N3O2S/c1-12-17-14(10-22-12)15(20)19-6-4-16(5-7-19)8-13(9-21-3)18(2)11-16/h10,13H,4-9,11H2,1-3H3. The molecule has 2 aliphatic rings. The van der Waals surface area contributed by atoms with Crippen LogP contribution < -0.4 is 0 Å². The van der Waals surface area contributed by atoms with Crippen molar-refractivity contribution in [3.63, 3.8) is 0 Å². The summed E-state index contributed by atoms with van der Waals surface area (Å²) in [7, 11) is 3.96. The van der Waals surface area contributed by atoms with Gasteiger partial charge in [-0.3, -0.25) is 4.79 Å². The van der Waals surface area contributed by atoms with Gasteiger partial charge in [0.1, 0.15) is 5.69 Å². The highest BCUT2D eigenvalue weighted by atomic mass is 32.1. The van der Waals surface area contributed by atoms with Gasteiger partial charge in [-0.2, -0.15) is 0 Å². The Kier molecular flexibility index (Phi) is 4.52. The number of nitrogens with zero attached hydrogens (tertiary/aromatic N) is 3. The SMILES string of the molecule is COCC1CC2(CCN(C(=O)c3csc(C)n3)CC2)CN1C. The molecule has 6 heteroatoms. The van der Waals surface area contributed by atoms with E-state index in [1.54, 1.807) is 18.4 Å². The summed E-state index contributed by atoms with van der Waals surface area (Å²) in [5.74, 6) is 0.0963. The quantitative estimate of drug-likeness (QED) is 0.854. The molecule has 3 rings (SSSR count). The van der Waals surface area contributed by atoms with E-state index in [4.69, 9.17) is 4.74 Å². The largest absolute Gasteiger partial charge is 0.383 e. The van der Waals surface area contributed by atoms with Crippen molar-refractivity contribution < 1.29 is 9.53 Å². The van der Waals surface area contributed by atoms with Gasteiger partial charge in [0, 0.05) is 38.2 Å². The van der Waals surface area contributed by atoms with Crippen molar-refractivity contribution in [1.82, 2.24) is 14.8 Å². The van der Waals surface area contributed by atoms with Crippen LogP contribution in [0.3, 0.4) is 0 Å². The molecule has 1 unspecified atom stereocenters. The number of likely N-dealkylation sites (tertiary alicyclic amines) is 2. The second-order valence-corrected chi connectivity index (χ2v) is 7.83. The fourth-order valence-corrected chi connectivity index (χ4v) is 4.51. The summed E-state index contributed by atoms with van der Waals surface area (Å²) < 4.78 is 5.34. The first-order chi connectivity index (χ1) is 10.5. The Morgan fingerprint density at radius 1 is 1.50 bits per heavy atom. The predicted molar refractivity (Wildman–Crippen MR) is 87.3 cm³/mol. The first kappa shape index (κ1) is 15.9. The van der Waals surface area contributed by atoms with Crippen LogP contribution >= 0.6 is 11.3 Å². The van der Waals surface area contributed by atoms with Crippen molar-refractivity contribution in [2.24, 2.45) is 5.41 Å². The van der Waals surface area contributed by atoms with Crippen molar-refractivity contribution in [2.45, 2.75) is 32.2 Å². The number of carbonyl (C=O) groups excluding carboxylic acids is 1. The molecule has 2 aliphatic heterocycles. The average Bonchev–Trinajstić information content (AvgIpc) is 3.05. The first-order valence-electron chi connectivity index (χ1n) is 7.94. The van der Waals surface area contributed by atoms with Crippen LogP contribution in [-0.4, -0.2) is 67.1 Å². The zero-order valence-corrected chi connectivity index (χ0v) is 14.5. The van der Waals surface area contributed by atoms with E-state index in [1.165, 1.54) is 6.42 Å². The second-order valence-electron chi connectivity index (χ2n) is 6.77. The van der Waals surface area contributed by atoms with E-state index < -0.39 is 0 Å². The minimum absolute atomic E-state index is 0.0963. The van der Waals surface area contributed by atoms with Crippen LogP contribution in [0.5, 0.6) is 0 Å². The summed E-state index contributed by atoms with van der Waals surface area (Å²) in [5, 5.41) is 2.83. The molecule has 0 aliphatic carbocycles. The third-order valence-electron chi connectivity index (χ3n) is 5.19. The normalized spacial score (nSPS) is 25.0. The number of aryl methyl sites for hydroxylation is 1. The second kappa shape index (κ2) is 6.26. The number of methoxy groups -OCH3 is 1. The Morgan fingerprint density at radius 3 is 2.82 bits per heavy atom. The number of thiazole rings is 1. The van der Waals surface area contributed by atoms with Gasteiger partial charge >= 0.3 is 0 Å². The molecular formula is C16H25N3O2S. The molecule has 0 N–H and O–H groups in total. The summed E-state index contributed by atoms with van der Waals surface area (Å²) in [4.78, 5) is 21.2. The third kappa shape index (κ3) is 3.05. The zero-order chi connectivity index (χ0) is 15.7. The van der Waals surface area contributed by atoms with E-state index in [0.717, 1.165) is 44.1 Å². The molecule has 1 spiro atoms. The van der Waals surface area contributed by atoms with Crippen molar-refractivity contribution in [1.29, 1.82) is 0 Å². The topological polar surface area (TPSA) is 45.7 Å². The van der Waals surface area contributed by atoms with Gasteiger partial charge in [0.05, 0.1) is 11.6 Å². The molecule has 22 heavy (non-hydrogen) atoms. The number of hydrogen-bond donors (Lipinski definition) is 0. The lowest BCUT2D eigenvalue weighted by Gasteiger charge is -2.39. The van der Waals surface area contributed by atoms with Gasteiger partial charge in [0.15, 0.2) is 0 Å². The van der Waals surface area contributed by atoms with Crippen LogP contribution in [0, 0.1) is 12.3 Å². The van der Waals surface area contributed by atoms with Crippen molar-refractivity contribution in [2.75, 3.05) is 40.4 Å². The van der Waals surface area contributed by atoms with Crippen LogP contribution in [0.4, 0.5) is 0 Å². The molecule has 3 heterocycles. The number of carbonyl (C=O) groups is 1. The van der Waals surface area contributed by atoms with Crippen molar-refractivity contribution in [3.8, 4) is 0 Å². The summed E-state index contributed by atoms with van der Waals surface area (Å²) in [6.07, 6.45) is 3.37. The number of ether oxygens (including phenoxy) is 1. The van der Waals surface area contributed by atoms with Crippen LogP contribution in [0.25, 0.3) is 0 Å². The highest BCUT2D eigenvalue weighted by molar-refractivity contribution is 7.09. The van der Waals surface area contributed by atoms with Gasteiger partial charge in [-0.1, -0.05) is 0 Å². The molecule has 1 atom stereocenters.